The number of nitrogens with two attached hydrogens (primary N) is 1. The second kappa shape index (κ2) is 8.85. The van der Waals surface area contributed by atoms with E-state index in [2.05, 4.69) is 10.3 Å². The Balaban J connectivity index is 1.80. The standard InChI is InChI=1S/C17H18N4O7S2/c1-28-4-7-5-29-15-11(14(25)21(15)12(7)16(26)27)20-13(24)8(2-3-10(22)23)9-6-30-17(18)19-9/h2,6,11,15H,3-5H2,1H3,(H2,18,19)(H,20,24)(H,22,23)(H,26,27)/t11-,15+/m1/s1. The lowest BCUT2D eigenvalue weighted by Gasteiger charge is -2.49. The third-order valence-corrected chi connectivity index (χ3v) is 6.39. The number of nitrogen functional groups attached to an aromatic ring is 1. The number of carboxylic acid groups (broad SMARTS) is 2. The zero-order valence-corrected chi connectivity index (χ0v) is 17.3. The number of β-lactam (4-membered cyclic amide) rings is 1. The topological polar surface area (TPSA) is 172 Å². The highest BCUT2D eigenvalue weighted by molar-refractivity contribution is 8.00. The number of nitrogens with one attached hydrogen (secondary N) is 1. The number of aromatic nitrogens is 1. The zero-order valence-electron chi connectivity index (χ0n) is 15.7. The molecule has 2 amide bonds. The Bertz CT molecular complexity index is 971. The highest BCUT2D eigenvalue weighted by Gasteiger charge is 2.54. The summed E-state index contributed by atoms with van der Waals surface area (Å²) >= 11 is 2.39. The maximum absolute atomic E-state index is 12.8. The number of hydrogen-bond donors (Lipinski definition) is 4. The number of carbonyl (C=O) groups is 4. The van der Waals surface area contributed by atoms with E-state index in [0.29, 0.717) is 11.3 Å². The molecule has 0 spiro atoms. The van der Waals surface area contributed by atoms with E-state index < -0.39 is 41.6 Å². The van der Waals surface area contributed by atoms with Crippen molar-refractivity contribution in [3.05, 3.63) is 28.4 Å². The van der Waals surface area contributed by atoms with Crippen molar-refractivity contribution in [2.24, 2.45) is 0 Å². The first-order valence-corrected chi connectivity index (χ1v) is 10.5. The smallest absolute Gasteiger partial charge is 0.352 e. The van der Waals surface area contributed by atoms with Gasteiger partial charge in [0.25, 0.3) is 11.8 Å². The number of rotatable bonds is 8. The minimum absolute atomic E-state index is 0.0218. The summed E-state index contributed by atoms with van der Waals surface area (Å²) in [6.07, 6.45) is 0.774. The van der Waals surface area contributed by atoms with Crippen LogP contribution in [0.3, 0.4) is 0 Å². The number of thiazole rings is 1. The van der Waals surface area contributed by atoms with Gasteiger partial charge < -0.3 is 26.0 Å². The quantitative estimate of drug-likeness (QED) is 0.309. The summed E-state index contributed by atoms with van der Waals surface area (Å²) in [6, 6.07) is -0.954. The van der Waals surface area contributed by atoms with Gasteiger partial charge in [0.15, 0.2) is 5.13 Å². The van der Waals surface area contributed by atoms with Crippen LogP contribution in [-0.4, -0.2) is 74.7 Å². The van der Waals surface area contributed by atoms with E-state index in [-0.39, 0.29) is 28.7 Å². The number of methoxy groups -OCH3 is 1. The predicted molar refractivity (Wildman–Crippen MR) is 108 cm³/mol. The fraction of sp³-hybridized carbons (Fsp3) is 0.353. The van der Waals surface area contributed by atoms with E-state index in [1.165, 1.54) is 30.3 Å². The summed E-state index contributed by atoms with van der Waals surface area (Å²) < 4.78 is 5.01. The number of anilines is 1. The summed E-state index contributed by atoms with van der Waals surface area (Å²) in [7, 11) is 1.43. The average Bonchev–Trinajstić information content (AvgIpc) is 3.11. The van der Waals surface area contributed by atoms with Gasteiger partial charge in [-0.25, -0.2) is 9.78 Å². The molecule has 0 aromatic carbocycles. The first-order chi connectivity index (χ1) is 14.2. The second-order valence-electron chi connectivity index (χ2n) is 6.34. The lowest BCUT2D eigenvalue weighted by Crippen LogP contribution is -2.70. The molecule has 2 aliphatic rings. The second-order valence-corrected chi connectivity index (χ2v) is 8.33. The van der Waals surface area contributed by atoms with Crippen molar-refractivity contribution in [1.82, 2.24) is 15.2 Å². The van der Waals surface area contributed by atoms with Crippen molar-refractivity contribution >= 4 is 57.6 Å². The fourth-order valence-corrected chi connectivity index (χ4v) is 4.99. The number of aliphatic carboxylic acids is 2. The molecule has 1 saturated heterocycles. The molecule has 1 aromatic rings. The lowest BCUT2D eigenvalue weighted by molar-refractivity contribution is -0.150. The van der Waals surface area contributed by atoms with E-state index in [4.69, 9.17) is 15.6 Å². The largest absolute Gasteiger partial charge is 0.481 e. The summed E-state index contributed by atoms with van der Waals surface area (Å²) in [6.45, 7) is 0.0789. The predicted octanol–water partition coefficient (Wildman–Crippen LogP) is -0.0316. The van der Waals surface area contributed by atoms with Crippen LogP contribution in [0.2, 0.25) is 0 Å². The Morgan fingerprint density at radius 2 is 2.17 bits per heavy atom. The maximum atomic E-state index is 12.8. The van der Waals surface area contributed by atoms with Crippen molar-refractivity contribution < 1.29 is 34.1 Å². The van der Waals surface area contributed by atoms with Crippen LogP contribution >= 0.6 is 23.1 Å². The highest BCUT2D eigenvalue weighted by atomic mass is 32.2. The summed E-state index contributed by atoms with van der Waals surface area (Å²) in [5.41, 5.74) is 6.12. The molecular formula is C17H18N4O7S2. The molecule has 2 atom stereocenters. The zero-order chi connectivity index (χ0) is 22.0. The molecular weight excluding hydrogens is 436 g/mol. The van der Waals surface area contributed by atoms with Gasteiger partial charge in [-0.3, -0.25) is 19.3 Å². The third kappa shape index (κ3) is 4.17. The molecule has 1 aromatic heterocycles. The van der Waals surface area contributed by atoms with E-state index in [9.17, 15) is 24.3 Å². The van der Waals surface area contributed by atoms with Gasteiger partial charge in [0, 0.05) is 18.2 Å². The Morgan fingerprint density at radius 1 is 1.43 bits per heavy atom. The number of ether oxygens (including phenoxy) is 1. The van der Waals surface area contributed by atoms with Gasteiger partial charge in [-0.05, 0) is 5.57 Å². The van der Waals surface area contributed by atoms with Crippen LogP contribution in [-0.2, 0) is 23.9 Å². The monoisotopic (exact) mass is 454 g/mol. The van der Waals surface area contributed by atoms with Crippen LogP contribution in [0, 0.1) is 0 Å². The van der Waals surface area contributed by atoms with Gasteiger partial charge in [-0.1, -0.05) is 6.08 Å². The van der Waals surface area contributed by atoms with E-state index in [0.717, 1.165) is 16.2 Å². The Kier molecular flexibility index (Phi) is 6.43. The van der Waals surface area contributed by atoms with Gasteiger partial charge in [0.2, 0.25) is 0 Å². The Labute approximate surface area is 178 Å². The molecule has 30 heavy (non-hydrogen) atoms. The van der Waals surface area contributed by atoms with Crippen LogP contribution < -0.4 is 11.1 Å². The van der Waals surface area contributed by atoms with Crippen LogP contribution in [0.1, 0.15) is 12.1 Å². The number of thioether (sulfide) groups is 1. The van der Waals surface area contributed by atoms with Crippen molar-refractivity contribution in [3.63, 3.8) is 0 Å². The molecule has 13 heteroatoms. The summed E-state index contributed by atoms with van der Waals surface area (Å²) in [4.78, 5) is 53.2. The first kappa shape index (κ1) is 21.8. The molecule has 0 unspecified atom stereocenters. The van der Waals surface area contributed by atoms with E-state index in [1.54, 1.807) is 0 Å². The SMILES string of the molecule is COCC1=C(C(=O)O)N2C(=O)[C@@H](NC(=O)C(=CCC(=O)O)c3csc(N)n3)[C@@H]2SC1. The molecule has 0 radical (unpaired) electrons. The molecule has 0 saturated carbocycles. The van der Waals surface area contributed by atoms with Gasteiger partial charge in [-0.2, -0.15) is 0 Å². The molecule has 160 valence electrons. The van der Waals surface area contributed by atoms with Crippen molar-refractivity contribution in [2.45, 2.75) is 17.8 Å². The molecule has 5 N–H and O–H groups in total. The number of nitrogens with zero attached hydrogens (tertiary/aromatic N) is 2. The number of hydrogen-bond acceptors (Lipinski definition) is 9. The molecule has 3 rings (SSSR count). The summed E-state index contributed by atoms with van der Waals surface area (Å²) in [5.74, 6) is -3.31. The number of fused-ring (bicyclic) bond motifs is 1. The van der Waals surface area contributed by atoms with E-state index in [1.807, 2.05) is 0 Å². The first-order valence-electron chi connectivity index (χ1n) is 8.57. The highest BCUT2D eigenvalue weighted by Crippen LogP contribution is 2.40. The normalized spacial score (nSPS) is 21.2. The fourth-order valence-electron chi connectivity index (χ4n) is 3.10. The lowest BCUT2D eigenvalue weighted by atomic mass is 10.0. The third-order valence-electron chi connectivity index (χ3n) is 4.38. The van der Waals surface area contributed by atoms with Crippen molar-refractivity contribution in [2.75, 3.05) is 25.2 Å². The van der Waals surface area contributed by atoms with Crippen LogP contribution in [0.4, 0.5) is 5.13 Å². The van der Waals surface area contributed by atoms with Crippen molar-refractivity contribution in [3.8, 4) is 0 Å². The van der Waals surface area contributed by atoms with Gasteiger partial charge in [0.1, 0.15) is 17.1 Å². The average molecular weight is 454 g/mol. The molecule has 2 aliphatic heterocycles. The number of carboxylic acids is 2. The molecule has 1 fully saturated rings. The number of amides is 2. The molecule has 11 nitrogen and oxygen atoms in total. The molecule has 0 bridgehead atoms. The Morgan fingerprint density at radius 3 is 2.73 bits per heavy atom. The minimum Gasteiger partial charge on any atom is -0.481 e. The van der Waals surface area contributed by atoms with Crippen LogP contribution in [0.25, 0.3) is 5.57 Å². The van der Waals surface area contributed by atoms with Crippen molar-refractivity contribution in [1.29, 1.82) is 0 Å². The van der Waals surface area contributed by atoms with Crippen LogP contribution in [0.5, 0.6) is 0 Å². The van der Waals surface area contributed by atoms with Gasteiger partial charge in [-0.15, -0.1) is 23.1 Å². The van der Waals surface area contributed by atoms with E-state index >= 15 is 0 Å². The minimum atomic E-state index is -1.24. The summed E-state index contributed by atoms with van der Waals surface area (Å²) in [5, 5.41) is 22.1. The molecule has 0 aliphatic carbocycles. The van der Waals surface area contributed by atoms with Crippen LogP contribution in [0.15, 0.2) is 22.7 Å². The molecule has 3 heterocycles. The van der Waals surface area contributed by atoms with Gasteiger partial charge in [0.05, 0.1) is 24.3 Å². The maximum Gasteiger partial charge on any atom is 0.352 e. The Hall–Kier alpha value is -2.90. The van der Waals surface area contributed by atoms with Gasteiger partial charge >= 0.3 is 11.9 Å². The number of carbonyl (C=O) groups excluding carboxylic acids is 2.